The Bertz CT molecular complexity index is 776. The lowest BCUT2D eigenvalue weighted by atomic mass is 10.0. The summed E-state index contributed by atoms with van der Waals surface area (Å²) in [4.78, 5) is 12.8. The molecule has 0 aliphatic carbocycles. The maximum Gasteiger partial charge on any atom is 0.342 e. The Hall–Kier alpha value is -2.35. The molecule has 1 aliphatic rings. The highest BCUT2D eigenvalue weighted by atomic mass is 16.6. The number of fused-ring (bicyclic) bond motifs is 1. The van der Waals surface area contributed by atoms with Crippen LogP contribution in [0.3, 0.4) is 0 Å². The van der Waals surface area contributed by atoms with Crippen LogP contribution in [0.5, 0.6) is 11.5 Å². The number of methoxy groups -OCH3 is 2. The predicted octanol–water partition coefficient (Wildman–Crippen LogP) is 3.48. The summed E-state index contributed by atoms with van der Waals surface area (Å²) in [6.07, 6.45) is 6.56. The number of hydrogen-bond acceptors (Lipinski definition) is 7. The van der Waals surface area contributed by atoms with Crippen LogP contribution in [0.15, 0.2) is 30.4 Å². The number of cyclic esters (lactones) is 1. The van der Waals surface area contributed by atoms with Gasteiger partial charge in [0.1, 0.15) is 23.2 Å². The van der Waals surface area contributed by atoms with Gasteiger partial charge in [0.05, 0.1) is 26.4 Å². The molecular weight excluding hydrogens is 388 g/mol. The maximum atomic E-state index is 12.8. The molecule has 1 aliphatic heterocycles. The monoisotopic (exact) mass is 420 g/mol. The van der Waals surface area contributed by atoms with Crippen molar-refractivity contribution < 1.29 is 34.0 Å². The molecule has 0 radical (unpaired) electrons. The number of carbonyl (C=O) groups excluding carboxylic acids is 1. The second-order valence-corrected chi connectivity index (χ2v) is 7.75. The lowest BCUT2D eigenvalue weighted by Gasteiger charge is -2.28. The van der Waals surface area contributed by atoms with Crippen LogP contribution in [-0.2, 0) is 9.47 Å². The van der Waals surface area contributed by atoms with Crippen molar-refractivity contribution in [3.05, 3.63) is 41.5 Å². The summed E-state index contributed by atoms with van der Waals surface area (Å²) in [5.41, 5.74) is 0.934. The molecule has 2 N–H and O–H groups in total. The van der Waals surface area contributed by atoms with Crippen LogP contribution >= 0.6 is 0 Å². The molecule has 2 rings (SSSR count). The largest absolute Gasteiger partial charge is 0.497 e. The minimum Gasteiger partial charge on any atom is -0.497 e. The lowest BCUT2D eigenvalue weighted by molar-refractivity contribution is -0.221. The molecule has 0 saturated carbocycles. The molecule has 3 atom stereocenters. The minimum atomic E-state index is -1.37. The van der Waals surface area contributed by atoms with Gasteiger partial charge in [-0.2, -0.15) is 0 Å². The number of aliphatic hydroxyl groups excluding tert-OH is 1. The van der Waals surface area contributed by atoms with Crippen LogP contribution in [0.2, 0.25) is 0 Å². The fraction of sp³-hybridized carbons (Fsp3) is 0.522. The smallest absolute Gasteiger partial charge is 0.342 e. The molecule has 1 aromatic rings. The zero-order valence-corrected chi connectivity index (χ0v) is 18.3. The van der Waals surface area contributed by atoms with Gasteiger partial charge in [-0.05, 0) is 45.2 Å². The van der Waals surface area contributed by atoms with Crippen LogP contribution in [0.1, 0.15) is 56.0 Å². The molecule has 0 aromatic heterocycles. The SMILES string of the molecule is COc1cc2c(c(OC)c1)C(=O)O[C@@H](C)C/C=C\C(O)[C@@H](OC(C)(C)O)CCC=C2. The first-order valence-electron chi connectivity index (χ1n) is 10.0. The molecule has 0 bridgehead atoms. The molecule has 166 valence electrons. The number of esters is 1. The molecule has 7 heteroatoms. The number of aliphatic hydroxyl groups is 2. The van der Waals surface area contributed by atoms with Gasteiger partial charge in [0.15, 0.2) is 5.79 Å². The number of hydrogen-bond donors (Lipinski definition) is 2. The Morgan fingerprint density at radius 3 is 2.53 bits per heavy atom. The van der Waals surface area contributed by atoms with Crippen LogP contribution in [0.25, 0.3) is 6.08 Å². The van der Waals surface area contributed by atoms with E-state index in [1.54, 1.807) is 44.4 Å². The van der Waals surface area contributed by atoms with Crippen molar-refractivity contribution in [2.75, 3.05) is 14.2 Å². The van der Waals surface area contributed by atoms with E-state index < -0.39 is 30.1 Å². The van der Waals surface area contributed by atoms with Gasteiger partial charge in [-0.3, -0.25) is 0 Å². The van der Waals surface area contributed by atoms with E-state index in [0.29, 0.717) is 41.9 Å². The normalized spacial score (nSPS) is 24.4. The fourth-order valence-electron chi connectivity index (χ4n) is 3.20. The summed E-state index contributed by atoms with van der Waals surface area (Å²) in [6.45, 7) is 4.83. The van der Waals surface area contributed by atoms with E-state index in [2.05, 4.69) is 0 Å². The zero-order valence-electron chi connectivity index (χ0n) is 18.3. The van der Waals surface area contributed by atoms with Gasteiger partial charge in [0.2, 0.25) is 0 Å². The minimum absolute atomic E-state index is 0.326. The first-order valence-corrected chi connectivity index (χ1v) is 10.0. The van der Waals surface area contributed by atoms with Crippen molar-refractivity contribution in [3.8, 4) is 11.5 Å². The fourth-order valence-corrected chi connectivity index (χ4v) is 3.20. The molecule has 0 fully saturated rings. The lowest BCUT2D eigenvalue weighted by Crippen LogP contribution is -2.36. The third kappa shape index (κ3) is 6.86. The number of carbonyl (C=O) groups is 1. The number of ether oxygens (including phenoxy) is 4. The van der Waals surface area contributed by atoms with E-state index in [-0.39, 0.29) is 0 Å². The molecular formula is C23H32O7. The number of rotatable bonds is 4. The van der Waals surface area contributed by atoms with Crippen LogP contribution in [-0.4, -0.2) is 54.5 Å². The van der Waals surface area contributed by atoms with E-state index in [9.17, 15) is 15.0 Å². The second-order valence-electron chi connectivity index (χ2n) is 7.75. The molecule has 7 nitrogen and oxygen atoms in total. The van der Waals surface area contributed by atoms with Crippen molar-refractivity contribution in [1.82, 2.24) is 0 Å². The first-order chi connectivity index (χ1) is 14.1. The van der Waals surface area contributed by atoms with Gasteiger partial charge in [0, 0.05) is 12.5 Å². The Morgan fingerprint density at radius 2 is 1.90 bits per heavy atom. The highest BCUT2D eigenvalue weighted by Crippen LogP contribution is 2.31. The van der Waals surface area contributed by atoms with E-state index in [1.807, 2.05) is 6.08 Å². The van der Waals surface area contributed by atoms with E-state index >= 15 is 0 Å². The van der Waals surface area contributed by atoms with Gasteiger partial charge in [0.25, 0.3) is 0 Å². The van der Waals surface area contributed by atoms with Crippen molar-refractivity contribution in [3.63, 3.8) is 0 Å². The summed E-state index contributed by atoms with van der Waals surface area (Å²) < 4.78 is 21.9. The topological polar surface area (TPSA) is 94.5 Å². The van der Waals surface area contributed by atoms with Crippen molar-refractivity contribution >= 4 is 12.0 Å². The van der Waals surface area contributed by atoms with Gasteiger partial charge < -0.3 is 29.2 Å². The number of benzene rings is 1. The quantitative estimate of drug-likeness (QED) is 0.437. The van der Waals surface area contributed by atoms with Crippen molar-refractivity contribution in [2.24, 2.45) is 0 Å². The molecule has 1 unspecified atom stereocenters. The van der Waals surface area contributed by atoms with Gasteiger partial charge in [-0.15, -0.1) is 0 Å². The van der Waals surface area contributed by atoms with E-state index in [0.717, 1.165) is 0 Å². The van der Waals surface area contributed by atoms with E-state index in [1.165, 1.54) is 21.0 Å². The molecule has 30 heavy (non-hydrogen) atoms. The van der Waals surface area contributed by atoms with Crippen molar-refractivity contribution in [1.29, 1.82) is 0 Å². The molecule has 0 saturated heterocycles. The van der Waals surface area contributed by atoms with Crippen LogP contribution < -0.4 is 9.47 Å². The number of allylic oxidation sites excluding steroid dienone is 1. The summed E-state index contributed by atoms with van der Waals surface area (Å²) in [5.74, 6) is -0.938. The Morgan fingerprint density at radius 1 is 1.17 bits per heavy atom. The third-order valence-corrected chi connectivity index (χ3v) is 4.61. The molecule has 1 aromatic carbocycles. The average molecular weight is 421 g/mol. The van der Waals surface area contributed by atoms with Gasteiger partial charge >= 0.3 is 5.97 Å². The highest BCUT2D eigenvalue weighted by molar-refractivity contribution is 5.97. The first kappa shape index (κ1) is 23.9. The highest BCUT2D eigenvalue weighted by Gasteiger charge is 2.26. The van der Waals surface area contributed by atoms with Gasteiger partial charge in [-0.1, -0.05) is 24.3 Å². The summed E-state index contributed by atoms with van der Waals surface area (Å²) in [7, 11) is 3.03. The van der Waals surface area contributed by atoms with E-state index in [4.69, 9.17) is 18.9 Å². The summed E-state index contributed by atoms with van der Waals surface area (Å²) in [5, 5.41) is 20.5. The zero-order chi connectivity index (χ0) is 22.3. The Labute approximate surface area is 177 Å². The second kappa shape index (κ2) is 10.6. The maximum absolute atomic E-state index is 12.8. The van der Waals surface area contributed by atoms with Crippen LogP contribution in [0.4, 0.5) is 0 Å². The third-order valence-electron chi connectivity index (χ3n) is 4.61. The molecule has 0 amide bonds. The Balaban J connectivity index is 2.42. The average Bonchev–Trinajstić information content (AvgIpc) is 2.67. The summed E-state index contributed by atoms with van der Waals surface area (Å²) >= 11 is 0. The molecule has 1 heterocycles. The molecule has 0 spiro atoms. The summed E-state index contributed by atoms with van der Waals surface area (Å²) in [6, 6.07) is 3.39. The Kier molecular flexibility index (Phi) is 8.46. The van der Waals surface area contributed by atoms with Crippen molar-refractivity contribution in [2.45, 2.75) is 64.1 Å². The predicted molar refractivity (Wildman–Crippen MR) is 114 cm³/mol. The standard InChI is InChI=1S/C23H32O7/c1-15-9-8-11-18(24)19(30-23(2,3)26)12-7-6-10-16-13-17(27-4)14-20(28-5)21(16)22(25)29-15/h6,8,10-11,13-15,18-19,24,26H,7,9,12H2,1-5H3/b10-6?,11-8-/t15-,18?,19-/m0/s1. The van der Waals surface area contributed by atoms with Gasteiger partial charge in [-0.25, -0.2) is 4.79 Å². The van der Waals surface area contributed by atoms with Crippen LogP contribution in [0, 0.1) is 0 Å².